The van der Waals surface area contributed by atoms with Gasteiger partial charge in [-0.3, -0.25) is 0 Å². The van der Waals surface area contributed by atoms with Crippen molar-refractivity contribution in [2.75, 3.05) is 13.2 Å². The Balaban J connectivity index is 1.41. The van der Waals surface area contributed by atoms with Gasteiger partial charge in [0.2, 0.25) is 5.88 Å². The molecule has 7 heteroatoms. The molecule has 128 valence electrons. The van der Waals surface area contributed by atoms with Gasteiger partial charge in [0.1, 0.15) is 18.0 Å². The second kappa shape index (κ2) is 7.00. The van der Waals surface area contributed by atoms with Gasteiger partial charge in [0.15, 0.2) is 17.9 Å². The first kappa shape index (κ1) is 16.3. The molecule has 0 unspecified atom stereocenters. The van der Waals surface area contributed by atoms with E-state index in [0.29, 0.717) is 30.5 Å². The summed E-state index contributed by atoms with van der Waals surface area (Å²) in [5, 5.41) is 0. The summed E-state index contributed by atoms with van der Waals surface area (Å²) in [4.78, 5) is 7.64. The fourth-order valence-electron chi connectivity index (χ4n) is 3.02. The molecule has 2 aliphatic rings. The second-order valence-corrected chi connectivity index (χ2v) is 6.75. The van der Waals surface area contributed by atoms with E-state index < -0.39 is 0 Å². The molecule has 1 aromatic heterocycles. The standard InChI is InChI=1S/C18H15BrN2O4/c1-20-12-3-2-4-13(7-12)24-14-9-22-18-15(10-23-17(14)18)25-16-6-5-11(19)8-21-16/h2-8,14-15,17-18H,9-10H2/t14-,15+,17+,18+/m0/s1. The Bertz CT molecular complexity index is 792. The highest BCUT2D eigenvalue weighted by Crippen LogP contribution is 2.32. The number of hydrogen-bond donors (Lipinski definition) is 0. The molecule has 0 amide bonds. The molecule has 25 heavy (non-hydrogen) atoms. The van der Waals surface area contributed by atoms with Crippen molar-refractivity contribution in [2.45, 2.75) is 24.4 Å². The van der Waals surface area contributed by atoms with E-state index in [2.05, 4.69) is 25.8 Å². The van der Waals surface area contributed by atoms with Crippen molar-refractivity contribution < 1.29 is 18.9 Å². The van der Waals surface area contributed by atoms with Gasteiger partial charge in [0, 0.05) is 16.7 Å². The first-order valence-electron chi connectivity index (χ1n) is 7.88. The van der Waals surface area contributed by atoms with Gasteiger partial charge >= 0.3 is 0 Å². The van der Waals surface area contributed by atoms with Crippen molar-refractivity contribution in [2.24, 2.45) is 0 Å². The van der Waals surface area contributed by atoms with Crippen molar-refractivity contribution in [3.8, 4) is 11.6 Å². The minimum Gasteiger partial charge on any atom is -0.487 e. The van der Waals surface area contributed by atoms with Crippen molar-refractivity contribution in [1.82, 2.24) is 4.98 Å². The highest BCUT2D eigenvalue weighted by Gasteiger charge is 2.50. The van der Waals surface area contributed by atoms with E-state index in [-0.39, 0.29) is 24.4 Å². The summed E-state index contributed by atoms with van der Waals surface area (Å²) >= 11 is 3.35. The molecular formula is C18H15BrN2O4. The molecule has 0 radical (unpaired) electrons. The highest BCUT2D eigenvalue weighted by molar-refractivity contribution is 9.10. The van der Waals surface area contributed by atoms with Crippen LogP contribution in [0, 0.1) is 6.57 Å². The van der Waals surface area contributed by atoms with Crippen LogP contribution in [-0.2, 0) is 9.47 Å². The molecule has 4 rings (SSSR count). The largest absolute Gasteiger partial charge is 0.487 e. The van der Waals surface area contributed by atoms with Gasteiger partial charge in [0.25, 0.3) is 0 Å². The number of ether oxygens (including phenoxy) is 4. The minimum absolute atomic E-state index is 0.195. The summed E-state index contributed by atoms with van der Waals surface area (Å²) in [5.74, 6) is 1.18. The Labute approximate surface area is 153 Å². The van der Waals surface area contributed by atoms with E-state index in [4.69, 9.17) is 25.5 Å². The Morgan fingerprint density at radius 1 is 1.08 bits per heavy atom. The van der Waals surface area contributed by atoms with Gasteiger partial charge in [-0.05, 0) is 34.1 Å². The van der Waals surface area contributed by atoms with Gasteiger partial charge in [-0.2, -0.15) is 0 Å². The number of aromatic nitrogens is 1. The third kappa shape index (κ3) is 3.47. The molecule has 0 saturated carbocycles. The van der Waals surface area contributed by atoms with E-state index in [1.165, 1.54) is 0 Å². The van der Waals surface area contributed by atoms with Crippen LogP contribution in [0.15, 0.2) is 47.1 Å². The third-order valence-electron chi connectivity index (χ3n) is 4.17. The molecule has 0 aliphatic carbocycles. The van der Waals surface area contributed by atoms with Crippen LogP contribution in [0.5, 0.6) is 11.6 Å². The van der Waals surface area contributed by atoms with Crippen LogP contribution in [0.2, 0.25) is 0 Å². The van der Waals surface area contributed by atoms with Crippen LogP contribution in [0.3, 0.4) is 0 Å². The Hall–Kier alpha value is -2.14. The molecule has 2 aromatic rings. The molecule has 3 heterocycles. The van der Waals surface area contributed by atoms with Crippen LogP contribution in [-0.4, -0.2) is 42.6 Å². The molecule has 6 nitrogen and oxygen atoms in total. The number of nitrogens with zero attached hydrogens (tertiary/aromatic N) is 2. The van der Waals surface area contributed by atoms with Gasteiger partial charge in [-0.25, -0.2) is 9.83 Å². The number of fused-ring (bicyclic) bond motifs is 1. The number of hydrogen-bond acceptors (Lipinski definition) is 5. The van der Waals surface area contributed by atoms with Crippen molar-refractivity contribution >= 4 is 21.6 Å². The molecule has 2 fully saturated rings. The van der Waals surface area contributed by atoms with Gasteiger partial charge in [0.05, 0.1) is 19.8 Å². The second-order valence-electron chi connectivity index (χ2n) is 5.83. The number of benzene rings is 1. The number of pyridine rings is 1. The lowest BCUT2D eigenvalue weighted by molar-refractivity contribution is 0.0168. The molecule has 4 atom stereocenters. The fourth-order valence-corrected chi connectivity index (χ4v) is 3.25. The lowest BCUT2D eigenvalue weighted by atomic mass is 10.1. The number of halogens is 1. The smallest absolute Gasteiger partial charge is 0.213 e. The van der Waals surface area contributed by atoms with Crippen LogP contribution in [0.25, 0.3) is 4.85 Å². The monoisotopic (exact) mass is 402 g/mol. The maximum atomic E-state index is 7.08. The van der Waals surface area contributed by atoms with E-state index >= 15 is 0 Å². The van der Waals surface area contributed by atoms with E-state index in [0.717, 1.165) is 4.47 Å². The highest BCUT2D eigenvalue weighted by atomic mass is 79.9. The molecule has 1 aromatic carbocycles. The van der Waals surface area contributed by atoms with Crippen molar-refractivity contribution in [3.05, 3.63) is 58.5 Å². The summed E-state index contributed by atoms with van der Waals surface area (Å²) in [7, 11) is 0. The van der Waals surface area contributed by atoms with Gasteiger partial charge < -0.3 is 18.9 Å². The quantitative estimate of drug-likeness (QED) is 0.733. The van der Waals surface area contributed by atoms with Crippen LogP contribution in [0.1, 0.15) is 0 Å². The van der Waals surface area contributed by atoms with Crippen LogP contribution < -0.4 is 9.47 Å². The lowest BCUT2D eigenvalue weighted by Gasteiger charge is -2.18. The SMILES string of the molecule is [C-]#[N+]c1cccc(O[C@H]2CO[C@H]3[C@@H]2OC[C@H]3Oc2ccc(Br)cn2)c1. The zero-order chi connectivity index (χ0) is 17.2. The Morgan fingerprint density at radius 3 is 2.52 bits per heavy atom. The summed E-state index contributed by atoms with van der Waals surface area (Å²) in [6.07, 6.45) is 0.852. The average molecular weight is 403 g/mol. The Kier molecular flexibility index (Phi) is 4.57. The molecule has 0 bridgehead atoms. The molecule has 0 N–H and O–H groups in total. The van der Waals surface area contributed by atoms with Gasteiger partial charge in [-0.1, -0.05) is 12.1 Å². The van der Waals surface area contributed by atoms with E-state index in [9.17, 15) is 0 Å². The predicted molar refractivity (Wildman–Crippen MR) is 93.0 cm³/mol. The number of rotatable bonds is 4. The summed E-state index contributed by atoms with van der Waals surface area (Å²) in [6, 6.07) is 10.8. The maximum Gasteiger partial charge on any atom is 0.213 e. The third-order valence-corrected chi connectivity index (χ3v) is 4.64. The normalized spacial score (nSPS) is 27.5. The van der Waals surface area contributed by atoms with Crippen molar-refractivity contribution in [1.29, 1.82) is 0 Å². The van der Waals surface area contributed by atoms with E-state index in [1.807, 2.05) is 12.1 Å². The molecule has 2 saturated heterocycles. The summed E-state index contributed by atoms with van der Waals surface area (Å²) in [6.45, 7) is 7.93. The topological polar surface area (TPSA) is 54.2 Å². The van der Waals surface area contributed by atoms with Gasteiger partial charge in [-0.15, -0.1) is 0 Å². The fraction of sp³-hybridized carbons (Fsp3) is 0.333. The first-order valence-corrected chi connectivity index (χ1v) is 8.68. The van der Waals surface area contributed by atoms with E-state index in [1.54, 1.807) is 30.5 Å². The minimum atomic E-state index is -0.225. The first-order chi connectivity index (χ1) is 12.2. The lowest BCUT2D eigenvalue weighted by Crippen LogP contribution is -2.36. The molecule has 2 aliphatic heterocycles. The zero-order valence-corrected chi connectivity index (χ0v) is 14.8. The maximum absolute atomic E-state index is 7.08. The zero-order valence-electron chi connectivity index (χ0n) is 13.2. The average Bonchev–Trinajstić information content (AvgIpc) is 3.21. The summed E-state index contributed by atoms with van der Waals surface area (Å²) < 4.78 is 24.5. The van der Waals surface area contributed by atoms with Crippen LogP contribution in [0.4, 0.5) is 5.69 Å². The predicted octanol–water partition coefficient (Wildman–Crippen LogP) is 3.39. The Morgan fingerprint density at radius 2 is 1.84 bits per heavy atom. The summed E-state index contributed by atoms with van der Waals surface area (Å²) in [5.41, 5.74) is 0.544. The molecule has 0 spiro atoms. The van der Waals surface area contributed by atoms with Crippen LogP contribution >= 0.6 is 15.9 Å². The van der Waals surface area contributed by atoms with Crippen molar-refractivity contribution in [3.63, 3.8) is 0 Å². The molecular weight excluding hydrogens is 388 g/mol.